The Morgan fingerprint density at radius 1 is 1.19 bits per heavy atom. The number of nitro groups is 1. The van der Waals surface area contributed by atoms with Gasteiger partial charge >= 0.3 is 5.97 Å². The lowest BCUT2D eigenvalue weighted by atomic mass is 9.94. The molecule has 1 unspecified atom stereocenters. The third kappa shape index (κ3) is 3.80. The van der Waals surface area contributed by atoms with Crippen molar-refractivity contribution in [3.05, 3.63) is 69.8 Å². The number of anilines is 1. The van der Waals surface area contributed by atoms with E-state index in [1.54, 1.807) is 0 Å². The third-order valence-corrected chi connectivity index (χ3v) is 4.70. The van der Waals surface area contributed by atoms with Crippen LogP contribution in [0.15, 0.2) is 48.5 Å². The summed E-state index contributed by atoms with van der Waals surface area (Å²) in [5.74, 6) is -1.54. The van der Waals surface area contributed by atoms with E-state index in [1.807, 2.05) is 24.3 Å². The largest absolute Gasteiger partial charge is 0.480 e. The Kier molecular flexibility index (Phi) is 5.18. The van der Waals surface area contributed by atoms with Gasteiger partial charge in [0.15, 0.2) is 0 Å². The van der Waals surface area contributed by atoms with Gasteiger partial charge in [0.2, 0.25) is 5.91 Å². The van der Waals surface area contributed by atoms with Crippen molar-refractivity contribution >= 4 is 23.3 Å². The van der Waals surface area contributed by atoms with Crippen LogP contribution in [0.4, 0.5) is 11.4 Å². The highest BCUT2D eigenvalue weighted by Crippen LogP contribution is 2.24. The molecule has 1 heterocycles. The molecule has 0 aliphatic carbocycles. The number of rotatable bonds is 5. The molecule has 8 heteroatoms. The molecule has 2 N–H and O–H groups in total. The molecule has 1 aliphatic heterocycles. The molecule has 0 saturated heterocycles. The maximum Gasteiger partial charge on any atom is 0.326 e. The zero-order chi connectivity index (χ0) is 19.6. The van der Waals surface area contributed by atoms with Gasteiger partial charge in [-0.1, -0.05) is 24.3 Å². The molecule has 2 atom stereocenters. The molecule has 1 aliphatic rings. The molecule has 8 nitrogen and oxygen atoms in total. The molecule has 0 bridgehead atoms. The summed E-state index contributed by atoms with van der Waals surface area (Å²) >= 11 is 0. The Morgan fingerprint density at radius 3 is 2.41 bits per heavy atom. The average Bonchev–Trinajstić information content (AvgIpc) is 2.67. The molecule has 0 spiro atoms. The number of hydrogen-bond acceptors (Lipinski definition) is 5. The minimum absolute atomic E-state index is 0.126. The van der Waals surface area contributed by atoms with Gasteiger partial charge in [-0.2, -0.15) is 0 Å². The molecule has 2 aromatic carbocycles. The fourth-order valence-electron chi connectivity index (χ4n) is 3.18. The molecule has 0 saturated carbocycles. The van der Waals surface area contributed by atoms with Crippen LogP contribution in [0.1, 0.15) is 18.1 Å². The lowest BCUT2D eigenvalue weighted by molar-refractivity contribution is -0.384. The highest BCUT2D eigenvalue weighted by Gasteiger charge is 2.34. The van der Waals surface area contributed by atoms with Crippen molar-refractivity contribution in [2.45, 2.75) is 32.0 Å². The smallest absolute Gasteiger partial charge is 0.326 e. The van der Waals surface area contributed by atoms with Gasteiger partial charge in [0.25, 0.3) is 5.69 Å². The lowest BCUT2D eigenvalue weighted by Crippen LogP contribution is -2.54. The number of carboxylic acids is 1. The van der Waals surface area contributed by atoms with Gasteiger partial charge in [-0.25, -0.2) is 4.79 Å². The number of aliphatic carboxylic acids is 1. The SMILES string of the molecule is CC(C(=O)O)N(C(=O)[C@@H]1Cc2ccccc2CN1)c1ccc([N+](=O)[O-])cc1. The lowest BCUT2D eigenvalue weighted by Gasteiger charge is -2.33. The molecular formula is C19H19N3O5. The van der Waals surface area contributed by atoms with E-state index in [9.17, 15) is 24.8 Å². The van der Waals surface area contributed by atoms with Crippen molar-refractivity contribution < 1.29 is 19.6 Å². The predicted octanol–water partition coefficient (Wildman–Crippen LogP) is 2.12. The zero-order valence-electron chi connectivity index (χ0n) is 14.7. The molecule has 1 amide bonds. The Balaban J connectivity index is 1.90. The summed E-state index contributed by atoms with van der Waals surface area (Å²) in [6.45, 7) is 1.93. The normalized spacial score (nSPS) is 16.9. The second-order valence-corrected chi connectivity index (χ2v) is 6.40. The first-order chi connectivity index (χ1) is 12.9. The average molecular weight is 369 g/mol. The second-order valence-electron chi connectivity index (χ2n) is 6.40. The molecular weight excluding hydrogens is 350 g/mol. The van der Waals surface area contributed by atoms with Crippen LogP contribution in [0.3, 0.4) is 0 Å². The number of carboxylic acid groups (broad SMARTS) is 1. The van der Waals surface area contributed by atoms with Gasteiger partial charge in [-0.3, -0.25) is 19.8 Å². The summed E-state index contributed by atoms with van der Waals surface area (Å²) in [7, 11) is 0. The van der Waals surface area contributed by atoms with Crippen molar-refractivity contribution in [1.82, 2.24) is 5.32 Å². The van der Waals surface area contributed by atoms with Crippen molar-refractivity contribution in [1.29, 1.82) is 0 Å². The minimum atomic E-state index is -1.15. The molecule has 0 aromatic heterocycles. The Morgan fingerprint density at radius 2 is 1.81 bits per heavy atom. The standard InChI is InChI=1S/C19H19N3O5/c1-12(19(24)25)21(15-6-8-16(9-7-15)22(26)27)18(23)17-10-13-4-2-3-5-14(13)11-20-17/h2-9,12,17,20H,10-11H2,1H3,(H,24,25)/t12?,17-/m0/s1. The summed E-state index contributed by atoms with van der Waals surface area (Å²) in [5.41, 5.74) is 2.33. The van der Waals surface area contributed by atoms with Crippen LogP contribution in [0.25, 0.3) is 0 Å². The minimum Gasteiger partial charge on any atom is -0.480 e. The van der Waals surface area contributed by atoms with Gasteiger partial charge in [0.05, 0.1) is 11.0 Å². The van der Waals surface area contributed by atoms with Crippen LogP contribution in [-0.2, 0) is 22.6 Å². The van der Waals surface area contributed by atoms with Crippen LogP contribution in [0.5, 0.6) is 0 Å². The maximum atomic E-state index is 13.1. The number of non-ortho nitro benzene ring substituents is 1. The van der Waals surface area contributed by atoms with Gasteiger partial charge in [-0.05, 0) is 36.6 Å². The van der Waals surface area contributed by atoms with Gasteiger partial charge < -0.3 is 10.4 Å². The number of hydrogen-bond donors (Lipinski definition) is 2. The second kappa shape index (κ2) is 7.55. The number of carbonyl (C=O) groups excluding carboxylic acids is 1. The van der Waals surface area contributed by atoms with Crippen LogP contribution in [-0.4, -0.2) is 34.0 Å². The fraction of sp³-hybridized carbons (Fsp3) is 0.263. The van der Waals surface area contributed by atoms with Gasteiger partial charge in [-0.15, -0.1) is 0 Å². The summed E-state index contributed by atoms with van der Waals surface area (Å²) in [6.07, 6.45) is 0.449. The first kappa shape index (κ1) is 18.5. The van der Waals surface area contributed by atoms with Crippen molar-refractivity contribution in [2.75, 3.05) is 4.90 Å². The van der Waals surface area contributed by atoms with Crippen molar-refractivity contribution in [2.24, 2.45) is 0 Å². The fourth-order valence-corrected chi connectivity index (χ4v) is 3.18. The Bertz CT molecular complexity index is 881. The molecule has 3 rings (SSSR count). The number of carbonyl (C=O) groups is 2. The van der Waals surface area contributed by atoms with E-state index >= 15 is 0 Å². The Hall–Kier alpha value is -3.26. The van der Waals surface area contributed by atoms with E-state index in [2.05, 4.69) is 5.32 Å². The number of benzene rings is 2. The summed E-state index contributed by atoms with van der Waals surface area (Å²) in [6, 6.07) is 11.4. The highest BCUT2D eigenvalue weighted by atomic mass is 16.6. The van der Waals surface area contributed by atoms with E-state index in [1.165, 1.54) is 36.1 Å². The van der Waals surface area contributed by atoms with Crippen molar-refractivity contribution in [3.63, 3.8) is 0 Å². The predicted molar refractivity (Wildman–Crippen MR) is 98.5 cm³/mol. The monoisotopic (exact) mass is 369 g/mol. The number of nitro benzene ring substituents is 1. The van der Waals surface area contributed by atoms with Crippen LogP contribution < -0.4 is 10.2 Å². The topological polar surface area (TPSA) is 113 Å². The molecule has 140 valence electrons. The number of fused-ring (bicyclic) bond motifs is 1. The Labute approximate surface area is 155 Å². The number of nitrogens with one attached hydrogen (secondary N) is 1. The summed E-state index contributed by atoms with van der Waals surface area (Å²) in [5, 5.41) is 23.4. The van der Waals surface area contributed by atoms with E-state index in [4.69, 9.17) is 0 Å². The maximum absolute atomic E-state index is 13.1. The summed E-state index contributed by atoms with van der Waals surface area (Å²) in [4.78, 5) is 36.2. The van der Waals surface area contributed by atoms with Crippen LogP contribution in [0, 0.1) is 10.1 Å². The van der Waals surface area contributed by atoms with Gasteiger partial charge in [0, 0.05) is 24.4 Å². The first-order valence-corrected chi connectivity index (χ1v) is 8.49. The van der Waals surface area contributed by atoms with Gasteiger partial charge in [0.1, 0.15) is 6.04 Å². The molecule has 2 aromatic rings. The van der Waals surface area contributed by atoms with Crippen molar-refractivity contribution in [3.8, 4) is 0 Å². The van der Waals surface area contributed by atoms with E-state index in [0.717, 1.165) is 11.1 Å². The number of nitrogens with zero attached hydrogens (tertiary/aromatic N) is 2. The zero-order valence-corrected chi connectivity index (χ0v) is 14.7. The quantitative estimate of drug-likeness (QED) is 0.617. The molecule has 27 heavy (non-hydrogen) atoms. The summed E-state index contributed by atoms with van der Waals surface area (Å²) < 4.78 is 0. The first-order valence-electron chi connectivity index (χ1n) is 8.49. The van der Waals surface area contributed by atoms with E-state index < -0.39 is 23.0 Å². The van der Waals surface area contributed by atoms with E-state index in [0.29, 0.717) is 18.7 Å². The third-order valence-electron chi connectivity index (χ3n) is 4.70. The molecule has 0 radical (unpaired) electrons. The van der Waals surface area contributed by atoms with Crippen LogP contribution >= 0.6 is 0 Å². The molecule has 0 fully saturated rings. The van der Waals surface area contributed by atoms with E-state index in [-0.39, 0.29) is 11.6 Å². The van der Waals surface area contributed by atoms with Crippen LogP contribution in [0.2, 0.25) is 0 Å². The highest BCUT2D eigenvalue weighted by molar-refractivity contribution is 6.02. The number of amides is 1.